The summed E-state index contributed by atoms with van der Waals surface area (Å²) >= 11 is 0. The first kappa shape index (κ1) is 12.3. The molecule has 0 aliphatic heterocycles. The summed E-state index contributed by atoms with van der Waals surface area (Å²) in [5.74, 6) is 1.02. The number of hydrogen-bond acceptors (Lipinski definition) is 1. The van der Waals surface area contributed by atoms with Crippen LogP contribution in [-0.2, 0) is 0 Å². The van der Waals surface area contributed by atoms with Crippen LogP contribution in [0, 0.1) is 0 Å². The SMILES string of the molecule is CC(C)[Si](C)(Oc1ccccc1)C(C)C. The van der Waals surface area contributed by atoms with Gasteiger partial charge in [0, 0.05) is 0 Å². The van der Waals surface area contributed by atoms with E-state index in [1.54, 1.807) is 0 Å². The van der Waals surface area contributed by atoms with Crippen LogP contribution in [0.4, 0.5) is 0 Å². The van der Waals surface area contributed by atoms with E-state index < -0.39 is 8.32 Å². The monoisotopic (exact) mass is 222 g/mol. The van der Waals surface area contributed by atoms with Crippen molar-refractivity contribution in [1.29, 1.82) is 0 Å². The van der Waals surface area contributed by atoms with E-state index in [9.17, 15) is 0 Å². The Bertz CT molecular complexity index is 285. The van der Waals surface area contributed by atoms with E-state index in [0.29, 0.717) is 11.1 Å². The standard InChI is InChI=1S/C13H22OSi/c1-11(2)15(5,12(3)4)14-13-9-7-6-8-10-13/h6-12H,1-5H3. The molecule has 0 aliphatic carbocycles. The van der Waals surface area contributed by atoms with Crippen LogP contribution in [0.25, 0.3) is 0 Å². The molecule has 0 amide bonds. The van der Waals surface area contributed by atoms with Crippen molar-refractivity contribution in [1.82, 2.24) is 0 Å². The Balaban J connectivity index is 2.85. The van der Waals surface area contributed by atoms with Gasteiger partial charge in [-0.05, 0) is 29.8 Å². The van der Waals surface area contributed by atoms with Gasteiger partial charge in [0.05, 0.1) is 0 Å². The second-order valence-corrected chi connectivity index (χ2v) is 9.79. The second-order valence-electron chi connectivity index (χ2n) is 4.91. The highest BCUT2D eigenvalue weighted by Gasteiger charge is 2.38. The summed E-state index contributed by atoms with van der Waals surface area (Å²) in [4.78, 5) is 0. The number of rotatable bonds is 4. The molecule has 0 aromatic heterocycles. The maximum atomic E-state index is 6.26. The first-order valence-electron chi connectivity index (χ1n) is 5.71. The van der Waals surface area contributed by atoms with E-state index >= 15 is 0 Å². The van der Waals surface area contributed by atoms with Crippen molar-refractivity contribution < 1.29 is 4.43 Å². The maximum Gasteiger partial charge on any atom is 0.253 e. The van der Waals surface area contributed by atoms with E-state index in [-0.39, 0.29) is 0 Å². The summed E-state index contributed by atoms with van der Waals surface area (Å²) in [6.45, 7) is 11.4. The Morgan fingerprint density at radius 2 is 1.40 bits per heavy atom. The van der Waals surface area contributed by atoms with Gasteiger partial charge in [0.1, 0.15) is 5.75 Å². The van der Waals surface area contributed by atoms with Crippen LogP contribution in [-0.4, -0.2) is 8.32 Å². The van der Waals surface area contributed by atoms with Gasteiger partial charge in [-0.3, -0.25) is 0 Å². The predicted molar refractivity (Wildman–Crippen MR) is 68.9 cm³/mol. The largest absolute Gasteiger partial charge is 0.543 e. The van der Waals surface area contributed by atoms with Crippen molar-refractivity contribution in [2.45, 2.75) is 45.3 Å². The fraction of sp³-hybridized carbons (Fsp3) is 0.538. The van der Waals surface area contributed by atoms with Gasteiger partial charge in [0.15, 0.2) is 0 Å². The van der Waals surface area contributed by atoms with Crippen molar-refractivity contribution in [2.24, 2.45) is 0 Å². The van der Waals surface area contributed by atoms with E-state index in [4.69, 9.17) is 4.43 Å². The third-order valence-electron chi connectivity index (χ3n) is 3.37. The molecule has 0 N–H and O–H groups in total. The Kier molecular flexibility index (Phi) is 3.97. The van der Waals surface area contributed by atoms with Gasteiger partial charge in [0.2, 0.25) is 0 Å². The topological polar surface area (TPSA) is 9.23 Å². The van der Waals surface area contributed by atoms with Crippen LogP contribution < -0.4 is 4.43 Å². The highest BCUT2D eigenvalue weighted by atomic mass is 28.4. The number of para-hydroxylation sites is 1. The predicted octanol–water partition coefficient (Wildman–Crippen LogP) is 4.46. The first-order chi connectivity index (χ1) is 6.97. The van der Waals surface area contributed by atoms with Crippen molar-refractivity contribution >= 4 is 8.32 Å². The lowest BCUT2D eigenvalue weighted by Gasteiger charge is -2.35. The minimum Gasteiger partial charge on any atom is -0.543 e. The lowest BCUT2D eigenvalue weighted by molar-refractivity contribution is 0.507. The average molecular weight is 222 g/mol. The quantitative estimate of drug-likeness (QED) is 0.683. The third-order valence-corrected chi connectivity index (χ3v) is 8.63. The molecular weight excluding hydrogens is 200 g/mol. The minimum absolute atomic E-state index is 0.637. The lowest BCUT2D eigenvalue weighted by atomic mass is 10.3. The van der Waals surface area contributed by atoms with Gasteiger partial charge in [-0.1, -0.05) is 45.9 Å². The smallest absolute Gasteiger partial charge is 0.253 e. The normalized spacial score (nSPS) is 12.2. The maximum absolute atomic E-state index is 6.26. The molecule has 1 nitrogen and oxygen atoms in total. The average Bonchev–Trinajstić information content (AvgIpc) is 2.18. The zero-order valence-corrected chi connectivity index (χ0v) is 11.4. The molecule has 0 heterocycles. The molecule has 15 heavy (non-hydrogen) atoms. The van der Waals surface area contributed by atoms with E-state index in [1.165, 1.54) is 0 Å². The summed E-state index contributed by atoms with van der Waals surface area (Å²) in [5, 5.41) is 0. The first-order valence-corrected chi connectivity index (χ1v) is 8.27. The van der Waals surface area contributed by atoms with E-state index in [0.717, 1.165) is 5.75 Å². The molecule has 0 radical (unpaired) electrons. The molecule has 84 valence electrons. The number of benzene rings is 1. The van der Waals surface area contributed by atoms with Crippen LogP contribution in [0.3, 0.4) is 0 Å². The zero-order chi connectivity index (χ0) is 11.5. The highest BCUT2D eigenvalue weighted by molar-refractivity contribution is 6.75. The van der Waals surface area contributed by atoms with E-state index in [2.05, 4.69) is 46.4 Å². The van der Waals surface area contributed by atoms with Crippen molar-refractivity contribution in [3.05, 3.63) is 30.3 Å². The molecule has 0 aliphatic rings. The summed E-state index contributed by atoms with van der Waals surface area (Å²) in [6.07, 6.45) is 0. The highest BCUT2D eigenvalue weighted by Crippen LogP contribution is 2.34. The zero-order valence-electron chi connectivity index (χ0n) is 10.4. The molecule has 0 fully saturated rings. The molecule has 2 heteroatoms. The van der Waals surface area contributed by atoms with Crippen molar-refractivity contribution in [3.63, 3.8) is 0 Å². The molecule has 1 aromatic carbocycles. The van der Waals surface area contributed by atoms with Gasteiger partial charge in [-0.15, -0.1) is 0 Å². The molecule has 1 aromatic rings. The van der Waals surface area contributed by atoms with Gasteiger partial charge < -0.3 is 4.43 Å². The Morgan fingerprint density at radius 1 is 0.933 bits per heavy atom. The summed E-state index contributed by atoms with van der Waals surface area (Å²) < 4.78 is 6.26. The van der Waals surface area contributed by atoms with Gasteiger partial charge in [0.25, 0.3) is 8.32 Å². The van der Waals surface area contributed by atoms with Crippen LogP contribution in [0.1, 0.15) is 27.7 Å². The molecule has 0 spiro atoms. The Morgan fingerprint density at radius 3 is 1.80 bits per heavy atom. The van der Waals surface area contributed by atoms with Gasteiger partial charge in [-0.25, -0.2) is 0 Å². The van der Waals surface area contributed by atoms with Crippen molar-refractivity contribution in [3.8, 4) is 5.75 Å². The molecule has 0 bridgehead atoms. The molecule has 0 unspecified atom stereocenters. The summed E-state index contributed by atoms with van der Waals surface area (Å²) in [7, 11) is -1.64. The molecular formula is C13H22OSi. The molecule has 1 rings (SSSR count). The van der Waals surface area contributed by atoms with Gasteiger partial charge >= 0.3 is 0 Å². The Labute approximate surface area is 94.6 Å². The second kappa shape index (κ2) is 4.84. The van der Waals surface area contributed by atoms with Crippen LogP contribution in [0.2, 0.25) is 17.6 Å². The van der Waals surface area contributed by atoms with E-state index in [1.807, 2.05) is 18.2 Å². The lowest BCUT2D eigenvalue weighted by Crippen LogP contribution is -2.44. The molecule has 0 saturated heterocycles. The Hall–Kier alpha value is -0.763. The summed E-state index contributed by atoms with van der Waals surface area (Å²) in [5.41, 5.74) is 1.27. The summed E-state index contributed by atoms with van der Waals surface area (Å²) in [6, 6.07) is 10.2. The number of hydrogen-bond donors (Lipinski definition) is 0. The fourth-order valence-electron chi connectivity index (χ4n) is 1.64. The molecule has 0 saturated carbocycles. The molecule has 0 atom stereocenters. The van der Waals surface area contributed by atoms with Crippen LogP contribution >= 0.6 is 0 Å². The van der Waals surface area contributed by atoms with Gasteiger partial charge in [-0.2, -0.15) is 0 Å². The van der Waals surface area contributed by atoms with Crippen LogP contribution in [0.15, 0.2) is 30.3 Å². The van der Waals surface area contributed by atoms with Crippen LogP contribution in [0.5, 0.6) is 5.75 Å². The van der Waals surface area contributed by atoms with Crippen molar-refractivity contribution in [2.75, 3.05) is 0 Å². The third kappa shape index (κ3) is 2.85. The fourth-order valence-corrected chi connectivity index (χ4v) is 4.09. The minimum atomic E-state index is -1.64.